The van der Waals surface area contributed by atoms with Crippen LogP contribution in [0.15, 0.2) is 24.3 Å². The maximum atomic E-state index is 10.5. The van der Waals surface area contributed by atoms with Crippen molar-refractivity contribution in [2.45, 2.75) is 12.8 Å². The van der Waals surface area contributed by atoms with E-state index in [2.05, 4.69) is 11.4 Å². The van der Waals surface area contributed by atoms with Crippen LogP contribution in [0.5, 0.6) is 0 Å². The second-order valence-corrected chi connectivity index (χ2v) is 3.45. The van der Waals surface area contributed by atoms with Crippen molar-refractivity contribution in [1.29, 1.82) is 0 Å². The molecule has 1 aromatic rings. The summed E-state index contributed by atoms with van der Waals surface area (Å²) >= 11 is 0.565. The summed E-state index contributed by atoms with van der Waals surface area (Å²) in [6.07, 6.45) is 1.83. The number of aryl methyl sites for hydroxylation is 1. The summed E-state index contributed by atoms with van der Waals surface area (Å²) in [5.41, 5.74) is 2.39. The average Bonchev–Trinajstić information content (AvgIpc) is 2.17. The van der Waals surface area contributed by atoms with Gasteiger partial charge in [-0.1, -0.05) is 18.2 Å². The molecule has 0 fully saturated rings. The molecule has 0 aliphatic carbocycles. The van der Waals surface area contributed by atoms with Gasteiger partial charge in [0, 0.05) is 12.1 Å². The molecule has 0 radical (unpaired) electrons. The molecule has 0 spiro atoms. The van der Waals surface area contributed by atoms with Crippen molar-refractivity contribution in [2.75, 3.05) is 5.32 Å². The molecule has 0 atom stereocenters. The zero-order valence-electron chi connectivity index (χ0n) is 6.54. The Kier molecular flexibility index (Phi) is 1.96. The third-order valence-corrected chi connectivity index (χ3v) is 2.52. The van der Waals surface area contributed by atoms with E-state index >= 15 is 0 Å². The van der Waals surface area contributed by atoms with Crippen LogP contribution in [0.2, 0.25) is 0 Å². The van der Waals surface area contributed by atoms with E-state index in [4.69, 9.17) is 0 Å². The van der Waals surface area contributed by atoms with Crippen molar-refractivity contribution in [3.63, 3.8) is 0 Å². The number of nitrogens with one attached hydrogen (secondary N) is 1. The van der Waals surface area contributed by atoms with E-state index in [1.54, 1.807) is 0 Å². The molecule has 1 N–H and O–H groups in total. The second-order valence-electron chi connectivity index (χ2n) is 2.79. The van der Waals surface area contributed by atoms with Crippen LogP contribution in [0.1, 0.15) is 12.0 Å². The van der Waals surface area contributed by atoms with Gasteiger partial charge in [-0.15, -0.1) is 0 Å². The van der Waals surface area contributed by atoms with E-state index in [0.717, 1.165) is 23.5 Å². The van der Waals surface area contributed by atoms with E-state index in [1.807, 2.05) is 18.2 Å². The Morgan fingerprint density at radius 3 is 2.92 bits per heavy atom. The molecule has 0 aromatic heterocycles. The quantitative estimate of drug-likeness (QED) is 0.610. The standard InChI is InChI=1S/C9H9NOS/c11-12-9-6-5-7-3-1-2-4-8(7)10-9/h1-4,10H,5-6H2. The van der Waals surface area contributed by atoms with E-state index in [9.17, 15) is 4.21 Å². The molecule has 2 nitrogen and oxygen atoms in total. The molecule has 1 aliphatic heterocycles. The van der Waals surface area contributed by atoms with Crippen molar-refractivity contribution in [2.24, 2.45) is 0 Å². The molecular formula is C9H9NOS. The smallest absolute Gasteiger partial charge is 0.110 e. The minimum absolute atomic E-state index is 0.565. The minimum atomic E-state index is 0.565. The predicted octanol–water partition coefficient (Wildman–Crippen LogP) is 1.39. The Morgan fingerprint density at radius 1 is 1.25 bits per heavy atom. The van der Waals surface area contributed by atoms with E-state index in [0.29, 0.717) is 11.3 Å². The van der Waals surface area contributed by atoms with Crippen LogP contribution >= 0.6 is 0 Å². The summed E-state index contributed by atoms with van der Waals surface area (Å²) in [5.74, 6) is 0. The largest absolute Gasteiger partial charge is 0.348 e. The lowest BCUT2D eigenvalue weighted by Crippen LogP contribution is -2.18. The topological polar surface area (TPSA) is 29.1 Å². The van der Waals surface area contributed by atoms with Crippen molar-refractivity contribution in [3.8, 4) is 0 Å². The Bertz CT molecular complexity index is 355. The third kappa shape index (κ3) is 1.28. The molecule has 0 saturated carbocycles. The van der Waals surface area contributed by atoms with Crippen molar-refractivity contribution < 1.29 is 4.21 Å². The molecule has 1 aromatic carbocycles. The molecule has 0 unspecified atom stereocenters. The third-order valence-electron chi connectivity index (χ3n) is 2.01. The SMILES string of the molecule is O=S=C1CCc2ccccc2N1. The first kappa shape index (κ1) is 7.55. The van der Waals surface area contributed by atoms with Crippen molar-refractivity contribution >= 4 is 21.9 Å². The second kappa shape index (κ2) is 3.11. The van der Waals surface area contributed by atoms with Gasteiger partial charge >= 0.3 is 0 Å². The van der Waals surface area contributed by atoms with Crippen LogP contribution in [-0.4, -0.2) is 9.20 Å². The van der Waals surface area contributed by atoms with Gasteiger partial charge in [-0.2, -0.15) is 0 Å². The average molecular weight is 179 g/mol. The van der Waals surface area contributed by atoms with Gasteiger partial charge in [-0.3, -0.25) is 0 Å². The maximum absolute atomic E-state index is 10.5. The predicted molar refractivity (Wildman–Crippen MR) is 51.5 cm³/mol. The summed E-state index contributed by atoms with van der Waals surface area (Å²) in [6.45, 7) is 0. The van der Waals surface area contributed by atoms with Gasteiger partial charge < -0.3 is 5.32 Å². The summed E-state index contributed by atoms with van der Waals surface area (Å²) in [7, 11) is 0. The summed E-state index contributed by atoms with van der Waals surface area (Å²) in [4.78, 5) is 0.828. The number of para-hydroxylation sites is 1. The Morgan fingerprint density at radius 2 is 2.08 bits per heavy atom. The van der Waals surface area contributed by atoms with E-state index in [1.165, 1.54) is 5.56 Å². The first-order valence-corrected chi connectivity index (χ1v) is 4.65. The fourth-order valence-corrected chi connectivity index (χ4v) is 1.72. The van der Waals surface area contributed by atoms with Gasteiger partial charge in [0.25, 0.3) is 0 Å². The maximum Gasteiger partial charge on any atom is 0.110 e. The zero-order valence-corrected chi connectivity index (χ0v) is 7.36. The molecule has 1 aliphatic rings. The molecule has 0 amide bonds. The Hall–Kier alpha value is -1.09. The van der Waals surface area contributed by atoms with Crippen LogP contribution in [0.4, 0.5) is 5.69 Å². The van der Waals surface area contributed by atoms with E-state index < -0.39 is 0 Å². The molecule has 1 heterocycles. The van der Waals surface area contributed by atoms with Gasteiger partial charge in [0.1, 0.15) is 16.2 Å². The molecule has 3 heteroatoms. The lowest BCUT2D eigenvalue weighted by Gasteiger charge is -2.17. The number of rotatable bonds is 0. The molecule has 12 heavy (non-hydrogen) atoms. The number of hydrogen-bond donors (Lipinski definition) is 1. The highest BCUT2D eigenvalue weighted by atomic mass is 32.1. The highest BCUT2D eigenvalue weighted by Crippen LogP contribution is 2.21. The molecule has 0 bridgehead atoms. The monoisotopic (exact) mass is 179 g/mol. The van der Waals surface area contributed by atoms with Crippen LogP contribution in [0, 0.1) is 0 Å². The molecule has 2 rings (SSSR count). The molecular weight excluding hydrogens is 170 g/mol. The summed E-state index contributed by atoms with van der Waals surface area (Å²) in [6, 6.07) is 8.10. The van der Waals surface area contributed by atoms with Gasteiger partial charge in [0.2, 0.25) is 0 Å². The van der Waals surface area contributed by atoms with Crippen molar-refractivity contribution in [1.82, 2.24) is 0 Å². The van der Waals surface area contributed by atoms with Crippen LogP contribution in [-0.2, 0) is 17.7 Å². The zero-order chi connectivity index (χ0) is 8.39. The first-order chi connectivity index (χ1) is 5.90. The van der Waals surface area contributed by atoms with Crippen LogP contribution in [0.3, 0.4) is 0 Å². The van der Waals surface area contributed by atoms with Crippen LogP contribution in [0.25, 0.3) is 0 Å². The van der Waals surface area contributed by atoms with Gasteiger partial charge in [0.15, 0.2) is 0 Å². The number of hydrogen-bond acceptors (Lipinski definition) is 1. The number of fused-ring (bicyclic) bond motifs is 1. The number of benzene rings is 1. The van der Waals surface area contributed by atoms with Gasteiger partial charge in [-0.25, -0.2) is 4.21 Å². The first-order valence-electron chi connectivity index (χ1n) is 3.91. The normalized spacial score (nSPS) is 14.8. The number of anilines is 1. The van der Waals surface area contributed by atoms with E-state index in [-0.39, 0.29) is 0 Å². The van der Waals surface area contributed by atoms with Gasteiger partial charge in [0.05, 0.1) is 0 Å². The minimum Gasteiger partial charge on any atom is -0.348 e. The highest BCUT2D eigenvalue weighted by molar-refractivity contribution is 7.66. The Balaban J connectivity index is 2.41. The lowest BCUT2D eigenvalue weighted by atomic mass is 10.0. The Labute approximate surface area is 74.7 Å². The fraction of sp³-hybridized carbons (Fsp3) is 0.222. The lowest BCUT2D eigenvalue weighted by molar-refractivity contribution is 0.700. The molecule has 62 valence electrons. The van der Waals surface area contributed by atoms with Crippen molar-refractivity contribution in [3.05, 3.63) is 29.8 Å². The van der Waals surface area contributed by atoms with Gasteiger partial charge in [-0.05, 0) is 18.1 Å². The molecule has 0 saturated heterocycles. The summed E-state index contributed by atoms with van der Waals surface area (Å²) in [5, 5.41) is 3.11. The summed E-state index contributed by atoms with van der Waals surface area (Å²) < 4.78 is 10.5. The highest BCUT2D eigenvalue weighted by Gasteiger charge is 2.11. The van der Waals surface area contributed by atoms with Crippen LogP contribution < -0.4 is 5.32 Å². The fourth-order valence-electron chi connectivity index (χ4n) is 1.38.